The Labute approximate surface area is 94.6 Å². The quantitative estimate of drug-likeness (QED) is 0.670. The molecule has 5 heteroatoms. The number of carboxylic acid groups (broad SMARTS) is 2. The van der Waals surface area contributed by atoms with Crippen LogP contribution in [0, 0.1) is 0 Å². The fraction of sp³-hybridized carbons (Fsp3) is 0.800. The van der Waals surface area contributed by atoms with Crippen LogP contribution in [0.4, 0.5) is 9.59 Å². The maximum atomic E-state index is 11.2. The molecule has 4 nitrogen and oxygen atoms in total. The van der Waals surface area contributed by atoms with Gasteiger partial charge in [0.25, 0.3) is 0 Å². The van der Waals surface area contributed by atoms with Gasteiger partial charge in [-0.1, -0.05) is 0 Å². The van der Waals surface area contributed by atoms with Gasteiger partial charge in [0.05, 0.1) is 0 Å². The van der Waals surface area contributed by atoms with Crippen molar-refractivity contribution in [1.82, 2.24) is 0 Å². The van der Waals surface area contributed by atoms with Crippen LogP contribution in [0.1, 0.15) is 39.5 Å². The van der Waals surface area contributed by atoms with E-state index < -0.39 is 26.3 Å². The molecule has 0 saturated carbocycles. The minimum absolute atomic E-state index is 0.440. The first kappa shape index (κ1) is 14.7. The topological polar surface area (TPSA) is 74.6 Å². The molecule has 0 bridgehead atoms. The molecule has 0 unspecified atom stereocenters. The van der Waals surface area contributed by atoms with E-state index in [0.29, 0.717) is 8.87 Å². The van der Waals surface area contributed by atoms with E-state index >= 15 is 0 Å². The van der Waals surface area contributed by atoms with Gasteiger partial charge >= 0.3 is 94.6 Å². The zero-order valence-corrected chi connectivity index (χ0v) is 12.3. The first-order chi connectivity index (χ1) is 7.01. The molecule has 0 aliphatic carbocycles. The summed E-state index contributed by atoms with van der Waals surface area (Å²) >= 11 is -3.98. The second-order valence-electron chi connectivity index (χ2n) is 3.90. The Bertz CT molecular complexity index is 203. The van der Waals surface area contributed by atoms with Gasteiger partial charge in [0.1, 0.15) is 0 Å². The summed E-state index contributed by atoms with van der Waals surface area (Å²) in [4.78, 5) is 22.4. The Kier molecular flexibility index (Phi) is 6.96. The van der Waals surface area contributed by atoms with Crippen LogP contribution in [0.15, 0.2) is 0 Å². The van der Waals surface area contributed by atoms with E-state index in [0.717, 1.165) is 25.7 Å². The van der Waals surface area contributed by atoms with Crippen LogP contribution in [0.3, 0.4) is 0 Å². The van der Waals surface area contributed by atoms with Gasteiger partial charge in [-0.3, -0.25) is 0 Å². The Morgan fingerprint density at radius 2 is 1.27 bits per heavy atom. The van der Waals surface area contributed by atoms with E-state index in [1.54, 1.807) is 0 Å². The summed E-state index contributed by atoms with van der Waals surface area (Å²) in [7, 11) is 0. The minimum atomic E-state index is -3.98. The summed E-state index contributed by atoms with van der Waals surface area (Å²) in [5, 5.41) is 18.3. The summed E-state index contributed by atoms with van der Waals surface area (Å²) in [5.74, 6) is 0. The second-order valence-corrected chi connectivity index (χ2v) is 15.4. The third-order valence-electron chi connectivity index (χ3n) is 2.73. The maximum absolute atomic E-state index is 11.2. The van der Waals surface area contributed by atoms with Gasteiger partial charge in [0, 0.05) is 0 Å². The Morgan fingerprint density at radius 1 is 0.933 bits per heavy atom. The summed E-state index contributed by atoms with van der Waals surface area (Å²) in [6.07, 6.45) is 3.20. The van der Waals surface area contributed by atoms with Gasteiger partial charge in [-0.05, 0) is 0 Å². The van der Waals surface area contributed by atoms with E-state index in [1.165, 1.54) is 0 Å². The summed E-state index contributed by atoms with van der Waals surface area (Å²) < 4.78 is -1.09. The van der Waals surface area contributed by atoms with Crippen LogP contribution in [0.5, 0.6) is 0 Å². The molecule has 0 spiro atoms. The molecule has 0 rings (SSSR count). The summed E-state index contributed by atoms with van der Waals surface area (Å²) in [6.45, 7) is 3.92. The van der Waals surface area contributed by atoms with E-state index in [1.807, 2.05) is 13.8 Å². The van der Waals surface area contributed by atoms with Crippen molar-refractivity contribution < 1.29 is 19.8 Å². The number of carbonyl (C=O) groups is 2. The normalized spacial score (nSPS) is 11.3. The van der Waals surface area contributed by atoms with Gasteiger partial charge in [0.2, 0.25) is 0 Å². The molecule has 88 valence electrons. The molecule has 0 heterocycles. The van der Waals surface area contributed by atoms with Gasteiger partial charge in [-0.2, -0.15) is 0 Å². The molecule has 2 N–H and O–H groups in total. The molecule has 15 heavy (non-hydrogen) atoms. The van der Waals surface area contributed by atoms with Crippen LogP contribution in [-0.4, -0.2) is 36.6 Å². The second kappa shape index (κ2) is 7.09. The first-order valence-corrected chi connectivity index (χ1v) is 12.4. The molecule has 0 aliphatic rings. The van der Waals surface area contributed by atoms with E-state index in [9.17, 15) is 9.59 Å². The molecule has 0 radical (unpaired) electrons. The van der Waals surface area contributed by atoms with Gasteiger partial charge in [-0.25, -0.2) is 0 Å². The first-order valence-electron chi connectivity index (χ1n) is 5.48. The predicted molar refractivity (Wildman–Crippen MR) is 61.2 cm³/mol. The fourth-order valence-corrected chi connectivity index (χ4v) is 10.7. The molecule has 0 fully saturated rings. The van der Waals surface area contributed by atoms with E-state index in [4.69, 9.17) is 10.2 Å². The average molecular weight is 323 g/mol. The van der Waals surface area contributed by atoms with Gasteiger partial charge < -0.3 is 0 Å². The van der Waals surface area contributed by atoms with Gasteiger partial charge in [-0.15, -0.1) is 0 Å². The average Bonchev–Trinajstić information content (AvgIpc) is 2.17. The van der Waals surface area contributed by atoms with Crippen molar-refractivity contribution in [3.05, 3.63) is 0 Å². The van der Waals surface area contributed by atoms with E-state index in [-0.39, 0.29) is 0 Å². The Morgan fingerprint density at radius 3 is 1.47 bits per heavy atom. The SMILES string of the molecule is CCC[CH2][Sn]([CH2]CCC)([C](=O)O)[C](=O)O. The molecule has 0 atom stereocenters. The van der Waals surface area contributed by atoms with E-state index in [2.05, 4.69) is 0 Å². The zero-order chi connectivity index (χ0) is 11.9. The third kappa shape index (κ3) is 4.01. The molecule has 0 aromatic heterocycles. The number of hydrogen-bond donors (Lipinski definition) is 2. The van der Waals surface area contributed by atoms with Crippen LogP contribution >= 0.6 is 0 Å². The van der Waals surface area contributed by atoms with Crippen LogP contribution in [0.2, 0.25) is 8.87 Å². The molecular weight excluding hydrogens is 303 g/mol. The molecule has 0 aliphatic heterocycles. The van der Waals surface area contributed by atoms with Crippen molar-refractivity contribution in [2.75, 3.05) is 0 Å². The van der Waals surface area contributed by atoms with Crippen LogP contribution in [-0.2, 0) is 0 Å². The predicted octanol–water partition coefficient (Wildman–Crippen LogP) is 3.55. The Balaban J connectivity index is 4.73. The van der Waals surface area contributed by atoms with Crippen molar-refractivity contribution >= 4 is 26.3 Å². The molecular formula is C10H20O4Sn. The number of hydrogen-bond acceptors (Lipinski definition) is 2. The molecule has 0 aromatic rings. The van der Waals surface area contributed by atoms with Crippen molar-refractivity contribution in [2.24, 2.45) is 0 Å². The zero-order valence-electron chi connectivity index (χ0n) is 9.45. The number of rotatable bonds is 8. The fourth-order valence-electron chi connectivity index (χ4n) is 1.60. The van der Waals surface area contributed by atoms with Crippen LogP contribution in [0.25, 0.3) is 0 Å². The summed E-state index contributed by atoms with van der Waals surface area (Å²) in [5.41, 5.74) is 0. The molecule has 0 amide bonds. The monoisotopic (exact) mass is 324 g/mol. The standard InChI is InChI=1S/2C4H9.2CHO2.Sn/c2*1-3-4-2;2*2-1-3;/h2*1,3-4H2,2H3;2*(H,2,3);. The third-order valence-corrected chi connectivity index (χ3v) is 14.3. The number of unbranched alkanes of at least 4 members (excludes halogenated alkanes) is 2. The Hall–Kier alpha value is -0.261. The summed E-state index contributed by atoms with van der Waals surface area (Å²) in [6, 6.07) is 0. The van der Waals surface area contributed by atoms with Crippen LogP contribution < -0.4 is 0 Å². The molecule has 0 aromatic carbocycles. The van der Waals surface area contributed by atoms with Crippen molar-refractivity contribution in [3.8, 4) is 0 Å². The van der Waals surface area contributed by atoms with Gasteiger partial charge in [0.15, 0.2) is 0 Å². The van der Waals surface area contributed by atoms with Crippen molar-refractivity contribution in [1.29, 1.82) is 0 Å². The van der Waals surface area contributed by atoms with Crippen molar-refractivity contribution in [3.63, 3.8) is 0 Å². The van der Waals surface area contributed by atoms with Crippen molar-refractivity contribution in [2.45, 2.75) is 48.4 Å². The molecule has 0 saturated heterocycles.